The van der Waals surface area contributed by atoms with Crippen molar-refractivity contribution in [3.8, 4) is 0 Å². The summed E-state index contributed by atoms with van der Waals surface area (Å²) in [6.07, 6.45) is 12.9. The summed E-state index contributed by atoms with van der Waals surface area (Å²) in [6, 6.07) is 0. The second kappa shape index (κ2) is 9.39. The normalized spacial score (nSPS) is 38.4. The van der Waals surface area contributed by atoms with E-state index in [2.05, 4.69) is 39.8 Å². The van der Waals surface area contributed by atoms with E-state index in [4.69, 9.17) is 14.2 Å². The van der Waals surface area contributed by atoms with Gasteiger partial charge in [-0.3, -0.25) is 0 Å². The molecule has 3 fully saturated rings. The Labute approximate surface area is 165 Å². The van der Waals surface area contributed by atoms with E-state index in [0.717, 1.165) is 32.3 Å². The van der Waals surface area contributed by atoms with Crippen LogP contribution in [0.5, 0.6) is 0 Å². The van der Waals surface area contributed by atoms with Gasteiger partial charge in [0.15, 0.2) is 12.6 Å². The van der Waals surface area contributed by atoms with Gasteiger partial charge in [-0.15, -0.1) is 0 Å². The first-order valence-electron chi connectivity index (χ1n) is 11.2. The van der Waals surface area contributed by atoms with Crippen LogP contribution < -0.4 is 0 Å². The summed E-state index contributed by atoms with van der Waals surface area (Å²) in [4.78, 5) is 0. The van der Waals surface area contributed by atoms with Crippen molar-refractivity contribution in [1.82, 2.24) is 0 Å². The summed E-state index contributed by atoms with van der Waals surface area (Å²) in [5.74, 6) is 1.30. The van der Waals surface area contributed by atoms with Crippen molar-refractivity contribution in [2.75, 3.05) is 6.61 Å². The molecule has 0 aromatic heterocycles. The predicted octanol–water partition coefficient (Wildman–Crippen LogP) is 5.05. The molecule has 156 valence electrons. The van der Waals surface area contributed by atoms with Crippen molar-refractivity contribution in [3.05, 3.63) is 12.2 Å². The Kier molecular flexibility index (Phi) is 7.40. The highest BCUT2D eigenvalue weighted by molar-refractivity contribution is 5.06. The van der Waals surface area contributed by atoms with Crippen LogP contribution in [0.4, 0.5) is 0 Å². The summed E-state index contributed by atoms with van der Waals surface area (Å²) < 4.78 is 18.2. The summed E-state index contributed by atoms with van der Waals surface area (Å²) in [5.41, 5.74) is 0.179. The maximum Gasteiger partial charge on any atom is 0.158 e. The SMILES string of the molecule is CCCCC(C)(C)C=C[C@H](OC1CCCCO1)[C@H]1[C@@H]2CC(O)O[C@@H]2C[C@@H]1C. The average Bonchev–Trinajstić information content (AvgIpc) is 3.12. The monoisotopic (exact) mass is 380 g/mol. The van der Waals surface area contributed by atoms with Gasteiger partial charge in [0, 0.05) is 13.0 Å². The number of fused-ring (bicyclic) bond motifs is 1. The third kappa shape index (κ3) is 5.56. The molecule has 0 bridgehead atoms. The highest BCUT2D eigenvalue weighted by Gasteiger charge is 2.50. The molecule has 3 aliphatic rings. The lowest BCUT2D eigenvalue weighted by molar-refractivity contribution is -0.192. The third-order valence-corrected chi connectivity index (χ3v) is 6.78. The van der Waals surface area contributed by atoms with Gasteiger partial charge in [0.25, 0.3) is 0 Å². The molecule has 1 saturated carbocycles. The Morgan fingerprint density at radius 1 is 1.26 bits per heavy atom. The quantitative estimate of drug-likeness (QED) is 0.599. The molecule has 3 rings (SSSR count). The van der Waals surface area contributed by atoms with E-state index in [0.29, 0.717) is 17.8 Å². The van der Waals surface area contributed by atoms with Crippen LogP contribution in [-0.2, 0) is 14.2 Å². The molecule has 2 saturated heterocycles. The van der Waals surface area contributed by atoms with E-state index in [-0.39, 0.29) is 23.9 Å². The van der Waals surface area contributed by atoms with Crippen LogP contribution in [0.15, 0.2) is 12.2 Å². The smallest absolute Gasteiger partial charge is 0.158 e. The molecule has 2 aliphatic heterocycles. The van der Waals surface area contributed by atoms with Crippen LogP contribution in [0.3, 0.4) is 0 Å². The number of hydrogen-bond acceptors (Lipinski definition) is 4. The molecule has 0 amide bonds. The fraction of sp³-hybridized carbons (Fsp3) is 0.913. The van der Waals surface area contributed by atoms with Gasteiger partial charge in [0.2, 0.25) is 0 Å². The summed E-state index contributed by atoms with van der Waals surface area (Å²) >= 11 is 0. The molecule has 0 aromatic rings. The van der Waals surface area contributed by atoms with E-state index in [1.165, 1.54) is 25.7 Å². The number of hydrogen-bond donors (Lipinski definition) is 1. The van der Waals surface area contributed by atoms with Gasteiger partial charge in [0.1, 0.15) is 0 Å². The molecule has 27 heavy (non-hydrogen) atoms. The van der Waals surface area contributed by atoms with Crippen molar-refractivity contribution in [2.45, 2.75) is 104 Å². The topological polar surface area (TPSA) is 47.9 Å². The fourth-order valence-corrected chi connectivity index (χ4v) is 5.22. The first-order chi connectivity index (χ1) is 12.9. The fourth-order valence-electron chi connectivity index (χ4n) is 5.22. The first-order valence-corrected chi connectivity index (χ1v) is 11.2. The van der Waals surface area contributed by atoms with Gasteiger partial charge >= 0.3 is 0 Å². The van der Waals surface area contributed by atoms with Gasteiger partial charge in [-0.2, -0.15) is 0 Å². The molecular formula is C23H40O4. The largest absolute Gasteiger partial charge is 0.368 e. The van der Waals surface area contributed by atoms with Gasteiger partial charge in [-0.25, -0.2) is 0 Å². The number of ether oxygens (including phenoxy) is 3. The Hall–Kier alpha value is -0.420. The number of aliphatic hydroxyl groups excluding tert-OH is 1. The summed E-state index contributed by atoms with van der Waals surface area (Å²) in [5, 5.41) is 9.99. The predicted molar refractivity (Wildman–Crippen MR) is 107 cm³/mol. The third-order valence-electron chi connectivity index (χ3n) is 6.78. The number of rotatable bonds is 8. The minimum Gasteiger partial charge on any atom is -0.368 e. The lowest BCUT2D eigenvalue weighted by Crippen LogP contribution is -2.36. The van der Waals surface area contributed by atoms with Crippen molar-refractivity contribution < 1.29 is 19.3 Å². The molecular weight excluding hydrogens is 340 g/mol. The molecule has 7 atom stereocenters. The summed E-state index contributed by atoms with van der Waals surface area (Å²) in [7, 11) is 0. The van der Waals surface area contributed by atoms with Crippen molar-refractivity contribution in [2.24, 2.45) is 23.2 Å². The molecule has 1 N–H and O–H groups in total. The van der Waals surface area contributed by atoms with Gasteiger partial charge in [-0.1, -0.05) is 52.7 Å². The Morgan fingerprint density at radius 3 is 2.78 bits per heavy atom. The van der Waals surface area contributed by atoms with Gasteiger partial charge in [0.05, 0.1) is 12.2 Å². The number of aliphatic hydroxyl groups is 1. The highest BCUT2D eigenvalue weighted by atomic mass is 16.7. The highest BCUT2D eigenvalue weighted by Crippen LogP contribution is 2.48. The standard InChI is InChI=1S/C23H40O4/c1-5-6-11-23(3,4)12-10-18(27-21-9-7-8-13-25-21)22-16(2)14-19-17(22)15-20(24)26-19/h10,12,16-22,24H,5-9,11,13-15H2,1-4H3/t16-,17+,18-,19+,20?,21?,22+/m0/s1. The van der Waals surface area contributed by atoms with Gasteiger partial charge < -0.3 is 19.3 Å². The van der Waals surface area contributed by atoms with E-state index in [1.54, 1.807) is 0 Å². The second-order valence-electron chi connectivity index (χ2n) is 9.67. The molecule has 0 aromatic carbocycles. The van der Waals surface area contributed by atoms with Crippen LogP contribution in [0.1, 0.15) is 79.1 Å². The Bertz CT molecular complexity index is 483. The minimum absolute atomic E-state index is 0.0351. The van der Waals surface area contributed by atoms with E-state index >= 15 is 0 Å². The van der Waals surface area contributed by atoms with Crippen molar-refractivity contribution in [3.63, 3.8) is 0 Å². The molecule has 4 heteroatoms. The lowest BCUT2D eigenvalue weighted by atomic mass is 9.81. The van der Waals surface area contributed by atoms with E-state index in [9.17, 15) is 5.11 Å². The first kappa shape index (κ1) is 21.3. The summed E-state index contributed by atoms with van der Waals surface area (Å²) in [6.45, 7) is 10.00. The number of allylic oxidation sites excluding steroid dienone is 1. The van der Waals surface area contributed by atoms with Crippen LogP contribution in [0, 0.1) is 23.2 Å². The van der Waals surface area contributed by atoms with Crippen LogP contribution in [0.2, 0.25) is 0 Å². The molecule has 0 spiro atoms. The molecule has 4 nitrogen and oxygen atoms in total. The zero-order chi connectivity index (χ0) is 19.4. The molecule has 0 radical (unpaired) electrons. The average molecular weight is 381 g/mol. The van der Waals surface area contributed by atoms with Crippen molar-refractivity contribution in [1.29, 1.82) is 0 Å². The number of unbranched alkanes of at least 4 members (excludes halogenated alkanes) is 1. The molecule has 2 unspecified atom stereocenters. The maximum absolute atomic E-state index is 9.99. The van der Waals surface area contributed by atoms with Crippen molar-refractivity contribution >= 4 is 0 Å². The second-order valence-corrected chi connectivity index (χ2v) is 9.67. The Morgan fingerprint density at radius 2 is 2.07 bits per heavy atom. The Balaban J connectivity index is 1.74. The van der Waals surface area contributed by atoms with Crippen LogP contribution in [-0.4, -0.2) is 36.5 Å². The van der Waals surface area contributed by atoms with Crippen LogP contribution in [0.25, 0.3) is 0 Å². The molecule has 2 heterocycles. The maximum atomic E-state index is 9.99. The van der Waals surface area contributed by atoms with E-state index < -0.39 is 6.29 Å². The van der Waals surface area contributed by atoms with Crippen LogP contribution >= 0.6 is 0 Å². The van der Waals surface area contributed by atoms with Gasteiger partial charge in [-0.05, 0) is 55.3 Å². The minimum atomic E-state index is -0.605. The molecule has 1 aliphatic carbocycles. The lowest BCUT2D eigenvalue weighted by Gasteiger charge is -2.34. The van der Waals surface area contributed by atoms with E-state index in [1.807, 2.05) is 0 Å². The zero-order valence-corrected chi connectivity index (χ0v) is 17.7. The zero-order valence-electron chi connectivity index (χ0n) is 17.7.